The van der Waals surface area contributed by atoms with Gasteiger partial charge in [0.15, 0.2) is 0 Å². The Bertz CT molecular complexity index is 425. The molecule has 0 amide bonds. The summed E-state index contributed by atoms with van der Waals surface area (Å²) in [7, 11) is 3.79. The first-order valence-corrected chi connectivity index (χ1v) is 6.97. The summed E-state index contributed by atoms with van der Waals surface area (Å²) >= 11 is 0. The number of hydrogen-bond acceptors (Lipinski definition) is 3. The van der Waals surface area contributed by atoms with Crippen LogP contribution in [0.15, 0.2) is 18.2 Å². The van der Waals surface area contributed by atoms with E-state index in [9.17, 15) is 9.50 Å². The highest BCUT2D eigenvalue weighted by atomic mass is 19.1. The fraction of sp³-hybridized carbons (Fsp3) is 0.600. The van der Waals surface area contributed by atoms with Crippen LogP contribution < -0.4 is 10.2 Å². The van der Waals surface area contributed by atoms with E-state index >= 15 is 0 Å². The molecule has 0 heterocycles. The van der Waals surface area contributed by atoms with E-state index < -0.39 is 0 Å². The van der Waals surface area contributed by atoms with Crippen molar-refractivity contribution in [1.29, 1.82) is 0 Å². The zero-order valence-electron chi connectivity index (χ0n) is 11.7. The second-order valence-corrected chi connectivity index (χ2v) is 5.38. The molecule has 0 saturated heterocycles. The zero-order chi connectivity index (χ0) is 13.8. The highest BCUT2D eigenvalue weighted by molar-refractivity contribution is 5.49. The van der Waals surface area contributed by atoms with Gasteiger partial charge >= 0.3 is 0 Å². The molecule has 1 saturated carbocycles. The summed E-state index contributed by atoms with van der Waals surface area (Å²) in [5, 5.41) is 13.1. The number of aliphatic hydroxyl groups is 1. The van der Waals surface area contributed by atoms with Crippen molar-refractivity contribution in [2.24, 2.45) is 0 Å². The molecule has 0 radical (unpaired) electrons. The fourth-order valence-corrected chi connectivity index (χ4v) is 2.88. The lowest BCUT2D eigenvalue weighted by Gasteiger charge is -2.36. The molecule has 1 aromatic carbocycles. The van der Waals surface area contributed by atoms with Crippen LogP contribution in [0.1, 0.15) is 31.2 Å². The van der Waals surface area contributed by atoms with E-state index in [1.54, 1.807) is 12.1 Å². The predicted molar refractivity (Wildman–Crippen MR) is 75.8 cm³/mol. The van der Waals surface area contributed by atoms with Gasteiger partial charge in [0.05, 0.1) is 12.1 Å². The fourth-order valence-electron chi connectivity index (χ4n) is 2.88. The molecule has 106 valence electrons. The van der Waals surface area contributed by atoms with E-state index in [-0.39, 0.29) is 18.0 Å². The molecular formula is C15H23FN2O. The van der Waals surface area contributed by atoms with Gasteiger partial charge in [-0.2, -0.15) is 0 Å². The van der Waals surface area contributed by atoms with Crippen LogP contribution in [0, 0.1) is 5.82 Å². The number of likely N-dealkylation sites (N-methyl/N-ethyl adjacent to an activating group) is 1. The minimum absolute atomic E-state index is 0.0954. The van der Waals surface area contributed by atoms with E-state index in [2.05, 4.69) is 5.32 Å². The molecule has 3 nitrogen and oxygen atoms in total. The van der Waals surface area contributed by atoms with Gasteiger partial charge in [-0.25, -0.2) is 4.39 Å². The molecular weight excluding hydrogens is 243 g/mol. The molecule has 0 bridgehead atoms. The third-order valence-electron chi connectivity index (χ3n) is 3.92. The Morgan fingerprint density at radius 2 is 2.05 bits per heavy atom. The average Bonchev–Trinajstić information content (AvgIpc) is 2.38. The van der Waals surface area contributed by atoms with Crippen molar-refractivity contribution in [3.8, 4) is 0 Å². The summed E-state index contributed by atoms with van der Waals surface area (Å²) in [6.07, 6.45) is 3.71. The molecule has 2 rings (SSSR count). The monoisotopic (exact) mass is 266 g/mol. The van der Waals surface area contributed by atoms with Crippen molar-refractivity contribution in [2.75, 3.05) is 19.0 Å². The Morgan fingerprint density at radius 1 is 1.32 bits per heavy atom. The molecule has 19 heavy (non-hydrogen) atoms. The molecule has 1 fully saturated rings. The number of nitrogens with zero attached hydrogens (tertiary/aromatic N) is 1. The van der Waals surface area contributed by atoms with Crippen molar-refractivity contribution in [2.45, 2.75) is 44.4 Å². The van der Waals surface area contributed by atoms with Gasteiger partial charge < -0.3 is 15.3 Å². The van der Waals surface area contributed by atoms with Crippen LogP contribution in [-0.2, 0) is 6.54 Å². The molecule has 1 aliphatic carbocycles. The molecule has 4 heteroatoms. The number of rotatable bonds is 4. The third-order valence-corrected chi connectivity index (χ3v) is 3.92. The van der Waals surface area contributed by atoms with E-state index in [0.29, 0.717) is 6.54 Å². The standard InChI is InChI=1S/C15H23FN2O/c1-17-10-11-7-12(16)9-13(8-11)18(2)14-5-3-4-6-15(14)19/h7-9,14-15,17,19H,3-6,10H2,1-2H3. The van der Waals surface area contributed by atoms with E-state index in [1.807, 2.05) is 25.1 Å². The first-order chi connectivity index (χ1) is 9.11. The van der Waals surface area contributed by atoms with Crippen molar-refractivity contribution >= 4 is 5.69 Å². The molecule has 1 aliphatic rings. The normalized spacial score (nSPS) is 23.4. The van der Waals surface area contributed by atoms with Gasteiger partial charge in [0, 0.05) is 19.3 Å². The lowest BCUT2D eigenvalue weighted by Crippen LogP contribution is -2.43. The molecule has 1 aromatic rings. The summed E-state index contributed by atoms with van der Waals surface area (Å²) in [6, 6.07) is 5.17. The van der Waals surface area contributed by atoms with Crippen molar-refractivity contribution < 1.29 is 9.50 Å². The maximum Gasteiger partial charge on any atom is 0.125 e. The topological polar surface area (TPSA) is 35.5 Å². The maximum absolute atomic E-state index is 13.7. The van der Waals surface area contributed by atoms with Crippen LogP contribution in [0.5, 0.6) is 0 Å². The van der Waals surface area contributed by atoms with Crippen molar-refractivity contribution in [1.82, 2.24) is 5.32 Å². The van der Waals surface area contributed by atoms with Gasteiger partial charge in [0.25, 0.3) is 0 Å². The quantitative estimate of drug-likeness (QED) is 0.877. The van der Waals surface area contributed by atoms with Gasteiger partial charge in [-0.15, -0.1) is 0 Å². The number of aliphatic hydroxyl groups excluding tert-OH is 1. The Kier molecular flexibility index (Phi) is 4.77. The van der Waals surface area contributed by atoms with Gasteiger partial charge in [0.1, 0.15) is 5.82 Å². The minimum atomic E-state index is -0.310. The summed E-state index contributed by atoms with van der Waals surface area (Å²) < 4.78 is 13.7. The van der Waals surface area contributed by atoms with E-state index in [0.717, 1.165) is 36.9 Å². The Labute approximate surface area is 114 Å². The average molecular weight is 266 g/mol. The second kappa shape index (κ2) is 6.35. The Morgan fingerprint density at radius 3 is 2.74 bits per heavy atom. The smallest absolute Gasteiger partial charge is 0.125 e. The molecule has 0 aliphatic heterocycles. The van der Waals surface area contributed by atoms with Crippen molar-refractivity contribution in [3.05, 3.63) is 29.6 Å². The minimum Gasteiger partial charge on any atom is -0.391 e. The summed E-state index contributed by atoms with van der Waals surface area (Å²) in [5.41, 5.74) is 1.77. The van der Waals surface area contributed by atoms with Crippen LogP contribution in [0.2, 0.25) is 0 Å². The number of halogens is 1. The predicted octanol–water partition coefficient (Wildman–Crippen LogP) is 2.28. The number of anilines is 1. The molecule has 0 spiro atoms. The molecule has 2 atom stereocenters. The Hall–Kier alpha value is -1.13. The highest BCUT2D eigenvalue weighted by Gasteiger charge is 2.27. The van der Waals surface area contributed by atoms with E-state index in [1.165, 1.54) is 0 Å². The lowest BCUT2D eigenvalue weighted by atomic mass is 9.91. The van der Waals surface area contributed by atoms with Crippen LogP contribution in [-0.4, -0.2) is 31.3 Å². The second-order valence-electron chi connectivity index (χ2n) is 5.38. The van der Waals surface area contributed by atoms with Gasteiger partial charge in [0.2, 0.25) is 0 Å². The van der Waals surface area contributed by atoms with Gasteiger partial charge in [-0.1, -0.05) is 12.8 Å². The Balaban J connectivity index is 2.19. The summed E-state index contributed by atoms with van der Waals surface area (Å²) in [4.78, 5) is 2.02. The summed E-state index contributed by atoms with van der Waals surface area (Å²) in [6.45, 7) is 0.645. The third kappa shape index (κ3) is 3.45. The number of hydrogen-bond donors (Lipinski definition) is 2. The van der Waals surface area contributed by atoms with Gasteiger partial charge in [-0.3, -0.25) is 0 Å². The van der Waals surface area contributed by atoms with Crippen LogP contribution in [0.3, 0.4) is 0 Å². The zero-order valence-corrected chi connectivity index (χ0v) is 11.7. The van der Waals surface area contributed by atoms with Gasteiger partial charge in [-0.05, 0) is 43.7 Å². The van der Waals surface area contributed by atoms with E-state index in [4.69, 9.17) is 0 Å². The van der Waals surface area contributed by atoms with Crippen LogP contribution in [0.4, 0.5) is 10.1 Å². The first kappa shape index (κ1) is 14.3. The lowest BCUT2D eigenvalue weighted by molar-refractivity contribution is 0.106. The SMILES string of the molecule is CNCc1cc(F)cc(N(C)C2CCCCC2O)c1. The number of nitrogens with one attached hydrogen (secondary N) is 1. The summed E-state index contributed by atoms with van der Waals surface area (Å²) in [5.74, 6) is -0.222. The maximum atomic E-state index is 13.7. The largest absolute Gasteiger partial charge is 0.391 e. The van der Waals surface area contributed by atoms with Crippen LogP contribution in [0.25, 0.3) is 0 Å². The molecule has 2 unspecified atom stereocenters. The number of benzene rings is 1. The highest BCUT2D eigenvalue weighted by Crippen LogP contribution is 2.27. The first-order valence-electron chi connectivity index (χ1n) is 6.97. The van der Waals surface area contributed by atoms with Crippen LogP contribution >= 0.6 is 0 Å². The molecule has 2 N–H and O–H groups in total. The van der Waals surface area contributed by atoms with Crippen molar-refractivity contribution in [3.63, 3.8) is 0 Å². The molecule has 0 aromatic heterocycles.